The van der Waals surface area contributed by atoms with E-state index in [1.807, 2.05) is 32.6 Å². The molecule has 0 aliphatic carbocycles. The number of anilines is 1. The molecule has 1 aliphatic heterocycles. The lowest BCUT2D eigenvalue weighted by atomic mass is 9.97. The second kappa shape index (κ2) is 7.59. The average Bonchev–Trinajstić information content (AvgIpc) is 2.45. The molecule has 0 spiro atoms. The van der Waals surface area contributed by atoms with Crippen LogP contribution < -0.4 is 10.2 Å². The molecule has 0 saturated carbocycles. The van der Waals surface area contributed by atoms with E-state index in [4.69, 9.17) is 4.74 Å². The molecule has 2 unspecified atom stereocenters. The van der Waals surface area contributed by atoms with E-state index in [1.54, 1.807) is 12.1 Å². The normalized spacial score (nSPS) is 20.9. The number of piperidine rings is 1. The van der Waals surface area contributed by atoms with Crippen molar-refractivity contribution in [3.05, 3.63) is 32.8 Å². The van der Waals surface area contributed by atoms with Crippen LogP contribution in [0.2, 0.25) is 0 Å². The van der Waals surface area contributed by atoms with Crippen LogP contribution in [0, 0.1) is 10.1 Å². The number of nitrogens with zero attached hydrogens (tertiary/aromatic N) is 2. The third kappa shape index (κ3) is 5.32. The van der Waals surface area contributed by atoms with Gasteiger partial charge in [-0.05, 0) is 52.7 Å². The van der Waals surface area contributed by atoms with Crippen molar-refractivity contribution >= 4 is 33.4 Å². The fraction of sp³-hybridized carbons (Fsp3) is 0.588. The van der Waals surface area contributed by atoms with Crippen molar-refractivity contribution in [1.29, 1.82) is 0 Å². The smallest absolute Gasteiger partial charge is 0.407 e. The predicted octanol–water partition coefficient (Wildman–Crippen LogP) is 4.24. The highest BCUT2D eigenvalue weighted by Gasteiger charge is 2.31. The number of nitro groups is 1. The highest BCUT2D eigenvalue weighted by Crippen LogP contribution is 2.35. The zero-order valence-electron chi connectivity index (χ0n) is 14.9. The Hall–Kier alpha value is -1.83. The number of hydrogen-bond donors (Lipinski definition) is 1. The van der Waals surface area contributed by atoms with Crippen LogP contribution in [-0.4, -0.2) is 35.2 Å². The monoisotopic (exact) mass is 413 g/mol. The molecule has 0 aromatic heterocycles. The van der Waals surface area contributed by atoms with Gasteiger partial charge in [0.25, 0.3) is 5.69 Å². The molecule has 1 fully saturated rings. The molecule has 1 aromatic carbocycles. The second-order valence-corrected chi connectivity index (χ2v) is 8.22. The van der Waals surface area contributed by atoms with Crippen molar-refractivity contribution in [1.82, 2.24) is 5.32 Å². The summed E-state index contributed by atoms with van der Waals surface area (Å²) in [4.78, 5) is 24.9. The summed E-state index contributed by atoms with van der Waals surface area (Å²) in [5.74, 6) is 0. The molecule has 2 rings (SSSR count). The van der Waals surface area contributed by atoms with Gasteiger partial charge in [-0.2, -0.15) is 0 Å². The molecule has 2 atom stereocenters. The van der Waals surface area contributed by atoms with Crippen molar-refractivity contribution in [3.63, 3.8) is 0 Å². The van der Waals surface area contributed by atoms with Gasteiger partial charge < -0.3 is 15.0 Å². The SMILES string of the molecule is CC1CC(NC(=O)OC(C)(C)C)CCN1c1ccc(Br)cc1[N+](=O)[O-]. The molecule has 0 radical (unpaired) electrons. The molecule has 1 amide bonds. The van der Waals surface area contributed by atoms with Gasteiger partial charge in [-0.15, -0.1) is 0 Å². The van der Waals surface area contributed by atoms with Gasteiger partial charge in [-0.3, -0.25) is 10.1 Å². The molecule has 8 heteroatoms. The Kier molecular flexibility index (Phi) is 5.92. The summed E-state index contributed by atoms with van der Waals surface area (Å²) < 4.78 is 5.97. The molecule has 0 bridgehead atoms. The lowest BCUT2D eigenvalue weighted by molar-refractivity contribution is -0.384. The van der Waals surface area contributed by atoms with Crippen molar-refractivity contribution < 1.29 is 14.5 Å². The van der Waals surface area contributed by atoms with Gasteiger partial charge in [0, 0.05) is 29.2 Å². The van der Waals surface area contributed by atoms with E-state index in [0.717, 1.165) is 0 Å². The minimum Gasteiger partial charge on any atom is -0.444 e. The number of carbonyl (C=O) groups is 1. The predicted molar refractivity (Wildman–Crippen MR) is 100.0 cm³/mol. The van der Waals surface area contributed by atoms with E-state index in [2.05, 4.69) is 21.2 Å². The van der Waals surface area contributed by atoms with Crippen molar-refractivity contribution in [2.24, 2.45) is 0 Å². The van der Waals surface area contributed by atoms with Gasteiger partial charge in [0.2, 0.25) is 0 Å². The van der Waals surface area contributed by atoms with Crippen molar-refractivity contribution in [3.8, 4) is 0 Å². The van der Waals surface area contributed by atoms with E-state index in [-0.39, 0.29) is 22.7 Å². The van der Waals surface area contributed by atoms with Crippen LogP contribution in [0.25, 0.3) is 0 Å². The molecule has 1 heterocycles. The summed E-state index contributed by atoms with van der Waals surface area (Å²) in [7, 11) is 0. The maximum absolute atomic E-state index is 11.9. The number of halogens is 1. The fourth-order valence-corrected chi connectivity index (χ4v) is 3.37. The van der Waals surface area contributed by atoms with Crippen LogP contribution in [-0.2, 0) is 4.74 Å². The molecule has 138 valence electrons. The summed E-state index contributed by atoms with van der Waals surface area (Å²) in [5, 5.41) is 14.2. The number of nitrogens with one attached hydrogen (secondary N) is 1. The Bertz CT molecular complexity index is 660. The minimum atomic E-state index is -0.533. The highest BCUT2D eigenvalue weighted by molar-refractivity contribution is 9.10. The van der Waals surface area contributed by atoms with Gasteiger partial charge in [0.1, 0.15) is 11.3 Å². The maximum atomic E-state index is 11.9. The van der Waals surface area contributed by atoms with Crippen LogP contribution in [0.5, 0.6) is 0 Å². The van der Waals surface area contributed by atoms with Gasteiger partial charge in [0.05, 0.1) is 4.92 Å². The largest absolute Gasteiger partial charge is 0.444 e. The van der Waals surface area contributed by atoms with E-state index < -0.39 is 11.7 Å². The summed E-state index contributed by atoms with van der Waals surface area (Å²) in [6.45, 7) is 8.11. The number of nitro benzene ring substituents is 1. The Labute approximate surface area is 156 Å². The van der Waals surface area contributed by atoms with E-state index in [9.17, 15) is 14.9 Å². The molecule has 1 N–H and O–H groups in total. The molecular weight excluding hydrogens is 390 g/mol. The minimum absolute atomic E-state index is 0.00407. The Morgan fingerprint density at radius 2 is 2.12 bits per heavy atom. The van der Waals surface area contributed by atoms with Gasteiger partial charge >= 0.3 is 6.09 Å². The van der Waals surface area contributed by atoms with Gasteiger partial charge in [0.15, 0.2) is 0 Å². The van der Waals surface area contributed by atoms with Crippen LogP contribution in [0.1, 0.15) is 40.5 Å². The number of carbonyl (C=O) groups excluding carboxylic acids is 1. The average molecular weight is 414 g/mol. The first-order valence-electron chi connectivity index (χ1n) is 8.27. The standard InChI is InChI=1S/C17H24BrN3O4/c1-11-9-13(19-16(22)25-17(2,3)4)7-8-20(11)14-6-5-12(18)10-15(14)21(23)24/h5-6,10-11,13H,7-9H2,1-4H3,(H,19,22). The van der Waals surface area contributed by atoms with E-state index in [0.29, 0.717) is 29.5 Å². The van der Waals surface area contributed by atoms with Crippen LogP contribution >= 0.6 is 15.9 Å². The van der Waals surface area contributed by atoms with Crippen LogP contribution in [0.3, 0.4) is 0 Å². The second-order valence-electron chi connectivity index (χ2n) is 7.30. The van der Waals surface area contributed by atoms with Crippen LogP contribution in [0.4, 0.5) is 16.2 Å². The number of benzene rings is 1. The van der Waals surface area contributed by atoms with Gasteiger partial charge in [-0.25, -0.2) is 4.79 Å². The Balaban J connectivity index is 2.05. The number of amides is 1. The van der Waals surface area contributed by atoms with Crippen molar-refractivity contribution in [2.75, 3.05) is 11.4 Å². The van der Waals surface area contributed by atoms with Crippen LogP contribution in [0.15, 0.2) is 22.7 Å². The quantitative estimate of drug-likeness (QED) is 0.591. The first-order valence-corrected chi connectivity index (χ1v) is 9.06. The molecular formula is C17H24BrN3O4. The number of hydrogen-bond acceptors (Lipinski definition) is 5. The molecule has 7 nitrogen and oxygen atoms in total. The first kappa shape index (κ1) is 19.5. The molecule has 1 saturated heterocycles. The summed E-state index contributed by atoms with van der Waals surface area (Å²) in [6, 6.07) is 5.15. The highest BCUT2D eigenvalue weighted by atomic mass is 79.9. The Morgan fingerprint density at radius 1 is 1.44 bits per heavy atom. The molecule has 25 heavy (non-hydrogen) atoms. The molecule has 1 aliphatic rings. The first-order chi connectivity index (χ1) is 11.6. The fourth-order valence-electron chi connectivity index (χ4n) is 3.02. The van der Waals surface area contributed by atoms with Crippen molar-refractivity contribution in [2.45, 2.75) is 58.2 Å². The summed E-state index contributed by atoms with van der Waals surface area (Å²) in [6.07, 6.45) is 0.983. The third-order valence-corrected chi connectivity index (χ3v) is 4.53. The zero-order chi connectivity index (χ0) is 18.8. The lowest BCUT2D eigenvalue weighted by Gasteiger charge is -2.39. The summed E-state index contributed by atoms with van der Waals surface area (Å²) in [5.41, 5.74) is 0.158. The summed E-state index contributed by atoms with van der Waals surface area (Å²) >= 11 is 3.28. The van der Waals surface area contributed by atoms with Gasteiger partial charge in [-0.1, -0.05) is 15.9 Å². The van der Waals surface area contributed by atoms with E-state index >= 15 is 0 Å². The van der Waals surface area contributed by atoms with E-state index in [1.165, 1.54) is 6.07 Å². The number of alkyl carbamates (subject to hydrolysis) is 1. The Morgan fingerprint density at radius 3 is 2.68 bits per heavy atom. The lowest BCUT2D eigenvalue weighted by Crippen LogP contribution is -2.50. The number of rotatable bonds is 3. The zero-order valence-corrected chi connectivity index (χ0v) is 16.5. The molecule has 1 aromatic rings. The maximum Gasteiger partial charge on any atom is 0.407 e. The number of ether oxygens (including phenoxy) is 1. The third-order valence-electron chi connectivity index (χ3n) is 4.04. The topological polar surface area (TPSA) is 84.7 Å².